The first-order valence-electron chi connectivity index (χ1n) is 6.96. The van der Waals surface area contributed by atoms with Gasteiger partial charge in [0.2, 0.25) is 5.91 Å². The summed E-state index contributed by atoms with van der Waals surface area (Å²) in [5.74, 6) is 0.0346. The van der Waals surface area contributed by atoms with E-state index in [1.54, 1.807) is 18.1 Å². The van der Waals surface area contributed by atoms with Crippen molar-refractivity contribution >= 4 is 40.2 Å². The van der Waals surface area contributed by atoms with Crippen molar-refractivity contribution in [2.45, 2.75) is 13.0 Å². The van der Waals surface area contributed by atoms with Crippen LogP contribution < -0.4 is 0 Å². The molecule has 0 aliphatic rings. The molecule has 0 fully saturated rings. The zero-order valence-electron chi connectivity index (χ0n) is 12.4. The van der Waals surface area contributed by atoms with Gasteiger partial charge in [-0.15, -0.1) is 22.7 Å². The lowest BCUT2D eigenvalue weighted by Crippen LogP contribution is -2.27. The van der Waals surface area contributed by atoms with Crippen LogP contribution in [0, 0.1) is 0 Å². The number of nitrogens with zero attached hydrogens (tertiary/aromatic N) is 3. The summed E-state index contributed by atoms with van der Waals surface area (Å²) in [6.07, 6.45) is 2.03. The molecule has 0 unspecified atom stereocenters. The molecule has 3 aromatic rings. The van der Waals surface area contributed by atoms with E-state index in [1.807, 2.05) is 35.7 Å². The third kappa shape index (κ3) is 4.16. The van der Waals surface area contributed by atoms with E-state index in [-0.39, 0.29) is 5.91 Å². The fourth-order valence-electron chi connectivity index (χ4n) is 2.04. The Morgan fingerprint density at radius 1 is 1.30 bits per heavy atom. The fourth-order valence-corrected chi connectivity index (χ4v) is 3.98. The van der Waals surface area contributed by atoms with Crippen LogP contribution in [0.1, 0.15) is 10.6 Å². The van der Waals surface area contributed by atoms with Gasteiger partial charge < -0.3 is 4.90 Å². The highest BCUT2D eigenvalue weighted by atomic mass is 35.5. The number of pyridine rings is 1. The maximum Gasteiger partial charge on any atom is 0.228 e. The highest BCUT2D eigenvalue weighted by Crippen LogP contribution is 2.24. The molecule has 23 heavy (non-hydrogen) atoms. The van der Waals surface area contributed by atoms with Gasteiger partial charge in [-0.05, 0) is 24.3 Å². The molecule has 0 aliphatic heterocycles. The molecule has 0 radical (unpaired) electrons. The third-order valence-corrected chi connectivity index (χ3v) is 5.35. The number of rotatable bonds is 5. The Bertz CT molecular complexity index is 801. The summed E-state index contributed by atoms with van der Waals surface area (Å²) in [4.78, 5) is 23.9. The minimum absolute atomic E-state index is 0.0346. The minimum Gasteiger partial charge on any atom is -0.340 e. The van der Waals surface area contributed by atoms with E-state index in [2.05, 4.69) is 9.97 Å². The fraction of sp³-hybridized carbons (Fsp3) is 0.188. The topological polar surface area (TPSA) is 46.1 Å². The highest BCUT2D eigenvalue weighted by Gasteiger charge is 2.14. The third-order valence-electron chi connectivity index (χ3n) is 3.22. The van der Waals surface area contributed by atoms with Crippen LogP contribution in [0.4, 0.5) is 0 Å². The van der Waals surface area contributed by atoms with E-state index in [4.69, 9.17) is 11.6 Å². The van der Waals surface area contributed by atoms with Crippen LogP contribution in [0.2, 0.25) is 4.34 Å². The molecule has 3 rings (SSSR count). The van der Waals surface area contributed by atoms with Crippen molar-refractivity contribution in [3.8, 4) is 10.7 Å². The summed E-state index contributed by atoms with van der Waals surface area (Å²) in [7, 11) is 1.79. The molecule has 0 N–H and O–H groups in total. The van der Waals surface area contributed by atoms with Crippen LogP contribution in [0.5, 0.6) is 0 Å². The second kappa shape index (κ2) is 7.21. The number of carbonyl (C=O) groups is 1. The molecular formula is C16H14ClN3OS2. The van der Waals surface area contributed by atoms with Crippen molar-refractivity contribution in [3.05, 3.63) is 56.8 Å². The number of thiophene rings is 1. The summed E-state index contributed by atoms with van der Waals surface area (Å²) < 4.78 is 0.736. The van der Waals surface area contributed by atoms with Crippen molar-refractivity contribution in [1.82, 2.24) is 14.9 Å². The molecule has 7 heteroatoms. The van der Waals surface area contributed by atoms with Crippen LogP contribution >= 0.6 is 34.3 Å². The van der Waals surface area contributed by atoms with Crippen LogP contribution in [0.25, 0.3) is 10.7 Å². The number of hydrogen-bond donors (Lipinski definition) is 0. The molecule has 118 valence electrons. The summed E-state index contributed by atoms with van der Waals surface area (Å²) in [6, 6.07) is 9.50. The number of likely N-dealkylation sites (N-methyl/N-ethyl adjacent to an activating group) is 1. The Morgan fingerprint density at radius 3 is 2.87 bits per heavy atom. The molecule has 3 heterocycles. The molecule has 1 amide bonds. The van der Waals surface area contributed by atoms with Crippen molar-refractivity contribution in [1.29, 1.82) is 0 Å². The number of hydrogen-bond acceptors (Lipinski definition) is 5. The Hall–Kier alpha value is -1.76. The molecule has 0 spiro atoms. The minimum atomic E-state index is 0.0346. The van der Waals surface area contributed by atoms with Gasteiger partial charge in [0.15, 0.2) is 0 Å². The summed E-state index contributed by atoms with van der Waals surface area (Å²) >= 11 is 8.91. The van der Waals surface area contributed by atoms with E-state index in [9.17, 15) is 4.79 Å². The van der Waals surface area contributed by atoms with E-state index in [0.29, 0.717) is 13.0 Å². The van der Waals surface area contributed by atoms with Gasteiger partial charge in [0.05, 0.1) is 28.7 Å². The van der Waals surface area contributed by atoms with Crippen LogP contribution in [0.3, 0.4) is 0 Å². The van der Waals surface area contributed by atoms with Gasteiger partial charge in [-0.3, -0.25) is 9.78 Å². The SMILES string of the molecule is CN(Cc1ccc(Cl)s1)C(=O)Cc1csc(-c2ccccn2)n1. The van der Waals surface area contributed by atoms with Crippen LogP contribution in [-0.4, -0.2) is 27.8 Å². The number of aromatic nitrogens is 2. The second-order valence-corrected chi connectivity index (χ2v) is 7.65. The van der Waals surface area contributed by atoms with E-state index >= 15 is 0 Å². The normalized spacial score (nSPS) is 10.7. The molecular weight excluding hydrogens is 350 g/mol. The number of halogens is 1. The Balaban J connectivity index is 1.63. The van der Waals surface area contributed by atoms with Crippen molar-refractivity contribution in [2.75, 3.05) is 7.05 Å². The molecule has 0 bridgehead atoms. The van der Waals surface area contributed by atoms with Gasteiger partial charge in [0, 0.05) is 23.5 Å². The lowest BCUT2D eigenvalue weighted by atomic mass is 10.3. The monoisotopic (exact) mass is 363 g/mol. The zero-order valence-corrected chi connectivity index (χ0v) is 14.8. The van der Waals surface area contributed by atoms with Gasteiger partial charge >= 0.3 is 0 Å². The molecule has 4 nitrogen and oxygen atoms in total. The molecule has 0 saturated heterocycles. The second-order valence-electron chi connectivity index (χ2n) is 4.99. The number of thiazole rings is 1. The average molecular weight is 364 g/mol. The number of carbonyl (C=O) groups excluding carboxylic acids is 1. The molecule has 0 atom stereocenters. The van der Waals surface area contributed by atoms with Gasteiger partial charge in [-0.25, -0.2) is 4.98 Å². The standard InChI is InChI=1S/C16H14ClN3OS2/c1-20(9-12-5-6-14(17)23-12)15(21)8-11-10-22-16(19-11)13-4-2-3-7-18-13/h2-7,10H,8-9H2,1H3. The summed E-state index contributed by atoms with van der Waals surface area (Å²) in [5.41, 5.74) is 1.61. The summed E-state index contributed by atoms with van der Waals surface area (Å²) in [6.45, 7) is 0.563. The quantitative estimate of drug-likeness (QED) is 0.685. The molecule has 3 aromatic heterocycles. The Kier molecular flexibility index (Phi) is 5.05. The van der Waals surface area contributed by atoms with Crippen molar-refractivity contribution < 1.29 is 4.79 Å². The Labute approximate surface area is 147 Å². The maximum atomic E-state index is 12.3. The van der Waals surface area contributed by atoms with Crippen LogP contribution in [-0.2, 0) is 17.8 Å². The molecule has 0 aliphatic carbocycles. The largest absolute Gasteiger partial charge is 0.340 e. The Morgan fingerprint density at radius 2 is 2.17 bits per heavy atom. The first-order valence-corrected chi connectivity index (χ1v) is 9.03. The molecule has 0 aromatic carbocycles. The highest BCUT2D eigenvalue weighted by molar-refractivity contribution is 7.16. The summed E-state index contributed by atoms with van der Waals surface area (Å²) in [5, 5.41) is 2.75. The predicted molar refractivity (Wildman–Crippen MR) is 94.9 cm³/mol. The predicted octanol–water partition coefficient (Wildman–Crippen LogP) is 4.12. The van der Waals surface area contributed by atoms with Crippen molar-refractivity contribution in [2.24, 2.45) is 0 Å². The van der Waals surface area contributed by atoms with Crippen molar-refractivity contribution in [3.63, 3.8) is 0 Å². The van der Waals surface area contributed by atoms with Gasteiger partial charge in [0.25, 0.3) is 0 Å². The lowest BCUT2D eigenvalue weighted by Gasteiger charge is -2.15. The molecule has 0 saturated carbocycles. The van der Waals surface area contributed by atoms with Gasteiger partial charge in [0.1, 0.15) is 5.01 Å². The first kappa shape index (κ1) is 16.1. The maximum absolute atomic E-state index is 12.3. The van der Waals surface area contributed by atoms with Gasteiger partial charge in [-0.2, -0.15) is 0 Å². The van der Waals surface area contributed by atoms with E-state index in [0.717, 1.165) is 25.6 Å². The number of amides is 1. The average Bonchev–Trinajstić information content (AvgIpc) is 3.17. The lowest BCUT2D eigenvalue weighted by molar-refractivity contribution is -0.129. The zero-order chi connectivity index (χ0) is 16.2. The first-order chi connectivity index (χ1) is 11.1. The van der Waals surface area contributed by atoms with Gasteiger partial charge in [-0.1, -0.05) is 17.7 Å². The van der Waals surface area contributed by atoms with Crippen LogP contribution in [0.15, 0.2) is 41.9 Å². The smallest absolute Gasteiger partial charge is 0.228 e. The van der Waals surface area contributed by atoms with E-state index < -0.39 is 0 Å². The van der Waals surface area contributed by atoms with E-state index in [1.165, 1.54) is 22.7 Å².